The maximum absolute atomic E-state index is 11.1. The lowest BCUT2D eigenvalue weighted by Crippen LogP contribution is -1.90. The molecule has 3 rings (SSSR count). The number of hydrogen-bond acceptors (Lipinski definition) is 3. The van der Waals surface area contributed by atoms with Crippen LogP contribution in [-0.4, -0.2) is 14.9 Å². The minimum atomic E-state index is -0.367. The van der Waals surface area contributed by atoms with Crippen LogP contribution in [0.5, 0.6) is 0 Å². The van der Waals surface area contributed by atoms with E-state index in [1.165, 1.54) is 0 Å². The van der Waals surface area contributed by atoms with Crippen LogP contribution in [-0.2, 0) is 0 Å². The number of aromatic nitrogens is 2. The minimum Gasteiger partial charge on any atom is -0.348 e. The van der Waals surface area contributed by atoms with Crippen molar-refractivity contribution in [2.75, 3.05) is 0 Å². The van der Waals surface area contributed by atoms with Crippen LogP contribution in [0.2, 0.25) is 0 Å². The molecule has 3 aromatic rings. The van der Waals surface area contributed by atoms with Crippen LogP contribution in [0.25, 0.3) is 22.3 Å². The van der Waals surface area contributed by atoms with Gasteiger partial charge in [0.25, 0.3) is 5.69 Å². The molecule has 2 aromatic heterocycles. The molecule has 0 amide bonds. The molecule has 0 aliphatic carbocycles. The smallest absolute Gasteiger partial charge is 0.293 e. The summed E-state index contributed by atoms with van der Waals surface area (Å²) in [6.45, 7) is 1.85. The fraction of sp³-hybridized carbons (Fsp3) is 0.0714. The molecule has 2 heterocycles. The van der Waals surface area contributed by atoms with Crippen LogP contribution in [0.3, 0.4) is 0 Å². The molecule has 1 N–H and O–H groups in total. The largest absolute Gasteiger partial charge is 0.348 e. The summed E-state index contributed by atoms with van der Waals surface area (Å²) in [5, 5.41) is 11.9. The number of hydrogen-bond donors (Lipinski definition) is 1. The van der Waals surface area contributed by atoms with E-state index in [-0.39, 0.29) is 10.6 Å². The zero-order valence-corrected chi connectivity index (χ0v) is 10.3. The van der Waals surface area contributed by atoms with E-state index >= 15 is 0 Å². The summed E-state index contributed by atoms with van der Waals surface area (Å²) in [6, 6.07) is 11.0. The van der Waals surface area contributed by atoms with Crippen LogP contribution in [0.15, 0.2) is 42.6 Å². The highest BCUT2D eigenvalue weighted by atomic mass is 16.6. The highest BCUT2D eigenvalue weighted by molar-refractivity contribution is 5.92. The number of benzene rings is 1. The molecule has 0 saturated carbocycles. The van der Waals surface area contributed by atoms with Gasteiger partial charge in [-0.2, -0.15) is 0 Å². The van der Waals surface area contributed by atoms with Gasteiger partial charge in [-0.25, -0.2) is 0 Å². The molecule has 5 nitrogen and oxygen atoms in total. The summed E-state index contributed by atoms with van der Waals surface area (Å²) in [4.78, 5) is 18.0. The van der Waals surface area contributed by atoms with Crippen LogP contribution in [0, 0.1) is 17.0 Å². The first kappa shape index (κ1) is 11.4. The molecule has 0 fully saturated rings. The van der Waals surface area contributed by atoms with Crippen LogP contribution < -0.4 is 0 Å². The van der Waals surface area contributed by atoms with Crippen molar-refractivity contribution in [3.63, 3.8) is 0 Å². The Morgan fingerprint density at radius 1 is 1.26 bits per heavy atom. The van der Waals surface area contributed by atoms with E-state index in [1.54, 1.807) is 12.3 Å². The van der Waals surface area contributed by atoms with Gasteiger partial charge in [-0.15, -0.1) is 0 Å². The Kier molecular flexibility index (Phi) is 2.52. The van der Waals surface area contributed by atoms with Crippen molar-refractivity contribution in [3.05, 3.63) is 58.3 Å². The number of aryl methyl sites for hydroxylation is 1. The van der Waals surface area contributed by atoms with Gasteiger partial charge in [0, 0.05) is 17.6 Å². The van der Waals surface area contributed by atoms with Crippen molar-refractivity contribution < 1.29 is 4.92 Å². The summed E-state index contributed by atoms with van der Waals surface area (Å²) in [5.41, 5.74) is 3.05. The van der Waals surface area contributed by atoms with Gasteiger partial charge in [0.1, 0.15) is 5.52 Å². The van der Waals surface area contributed by atoms with Gasteiger partial charge < -0.3 is 4.98 Å². The van der Waals surface area contributed by atoms with Crippen molar-refractivity contribution in [2.45, 2.75) is 6.92 Å². The fourth-order valence-electron chi connectivity index (χ4n) is 2.18. The molecule has 0 spiro atoms. The zero-order valence-electron chi connectivity index (χ0n) is 10.3. The van der Waals surface area contributed by atoms with Gasteiger partial charge in [-0.3, -0.25) is 15.1 Å². The van der Waals surface area contributed by atoms with Crippen molar-refractivity contribution in [3.8, 4) is 11.4 Å². The monoisotopic (exact) mass is 253 g/mol. The first-order chi connectivity index (χ1) is 9.15. The van der Waals surface area contributed by atoms with E-state index in [0.717, 1.165) is 22.3 Å². The highest BCUT2D eigenvalue weighted by Crippen LogP contribution is 2.30. The standard InChI is InChI=1S/C14H11N3O2/c1-9-6-10-8-12(11-4-2-3-5-15-11)16-14(10)13(7-9)17(18)19/h2-8,16H,1H3. The Bertz CT molecular complexity index is 763. The third-order valence-corrected chi connectivity index (χ3v) is 2.99. The number of nitro benzene ring substituents is 1. The Labute approximate surface area is 109 Å². The quantitative estimate of drug-likeness (QED) is 0.561. The third-order valence-electron chi connectivity index (χ3n) is 2.99. The van der Waals surface area contributed by atoms with Crippen LogP contribution >= 0.6 is 0 Å². The summed E-state index contributed by atoms with van der Waals surface area (Å²) >= 11 is 0. The second kappa shape index (κ2) is 4.20. The summed E-state index contributed by atoms with van der Waals surface area (Å²) < 4.78 is 0. The van der Waals surface area contributed by atoms with Gasteiger partial charge in [-0.05, 0) is 36.8 Å². The molecule has 0 aliphatic heterocycles. The summed E-state index contributed by atoms with van der Waals surface area (Å²) in [6.07, 6.45) is 1.69. The second-order valence-corrected chi connectivity index (χ2v) is 4.40. The van der Waals surface area contributed by atoms with Gasteiger partial charge in [-0.1, -0.05) is 6.07 Å². The van der Waals surface area contributed by atoms with E-state index < -0.39 is 0 Å². The lowest BCUT2D eigenvalue weighted by Gasteiger charge is -1.96. The average Bonchev–Trinajstić information content (AvgIpc) is 2.82. The molecular weight excluding hydrogens is 242 g/mol. The summed E-state index contributed by atoms with van der Waals surface area (Å²) in [5.74, 6) is 0. The lowest BCUT2D eigenvalue weighted by atomic mass is 10.1. The number of rotatable bonds is 2. The van der Waals surface area contributed by atoms with E-state index in [1.807, 2.05) is 37.3 Å². The zero-order chi connectivity index (χ0) is 13.4. The van der Waals surface area contributed by atoms with Crippen LogP contribution in [0.1, 0.15) is 5.56 Å². The molecule has 19 heavy (non-hydrogen) atoms. The Morgan fingerprint density at radius 3 is 2.79 bits per heavy atom. The van der Waals surface area contributed by atoms with Crippen molar-refractivity contribution >= 4 is 16.6 Å². The van der Waals surface area contributed by atoms with Crippen molar-refractivity contribution in [1.29, 1.82) is 0 Å². The fourth-order valence-corrected chi connectivity index (χ4v) is 2.18. The molecule has 0 saturated heterocycles. The van der Waals surface area contributed by atoms with E-state index in [0.29, 0.717) is 5.52 Å². The molecule has 94 valence electrons. The van der Waals surface area contributed by atoms with Gasteiger partial charge in [0.05, 0.1) is 16.3 Å². The maximum atomic E-state index is 11.1. The molecule has 1 aromatic carbocycles. The molecule has 0 unspecified atom stereocenters. The Hall–Kier alpha value is -2.69. The number of non-ortho nitro benzene ring substituents is 1. The average molecular weight is 253 g/mol. The lowest BCUT2D eigenvalue weighted by molar-refractivity contribution is -0.383. The predicted molar refractivity (Wildman–Crippen MR) is 72.9 cm³/mol. The topological polar surface area (TPSA) is 71.8 Å². The summed E-state index contributed by atoms with van der Waals surface area (Å²) in [7, 11) is 0. The predicted octanol–water partition coefficient (Wildman–Crippen LogP) is 3.45. The number of nitro groups is 1. The van der Waals surface area contributed by atoms with Crippen molar-refractivity contribution in [1.82, 2.24) is 9.97 Å². The maximum Gasteiger partial charge on any atom is 0.293 e. The number of nitrogens with zero attached hydrogens (tertiary/aromatic N) is 2. The number of fused-ring (bicyclic) bond motifs is 1. The molecular formula is C14H11N3O2. The normalized spacial score (nSPS) is 10.8. The Balaban J connectivity index is 2.26. The first-order valence-corrected chi connectivity index (χ1v) is 5.84. The van der Waals surface area contributed by atoms with E-state index in [4.69, 9.17) is 0 Å². The Morgan fingerprint density at radius 2 is 2.11 bits per heavy atom. The minimum absolute atomic E-state index is 0.0946. The highest BCUT2D eigenvalue weighted by Gasteiger charge is 2.16. The SMILES string of the molecule is Cc1cc([N+](=O)[O-])c2[nH]c(-c3ccccn3)cc2c1. The van der Waals surface area contributed by atoms with E-state index in [9.17, 15) is 10.1 Å². The van der Waals surface area contributed by atoms with Crippen LogP contribution in [0.4, 0.5) is 5.69 Å². The van der Waals surface area contributed by atoms with Gasteiger partial charge >= 0.3 is 0 Å². The molecule has 5 heteroatoms. The number of nitrogens with one attached hydrogen (secondary N) is 1. The number of aromatic amines is 1. The van der Waals surface area contributed by atoms with Gasteiger partial charge in [0.15, 0.2) is 0 Å². The molecule has 0 atom stereocenters. The number of pyridine rings is 1. The first-order valence-electron chi connectivity index (χ1n) is 5.84. The number of H-pyrrole nitrogens is 1. The van der Waals surface area contributed by atoms with Gasteiger partial charge in [0.2, 0.25) is 0 Å². The molecule has 0 aliphatic rings. The van der Waals surface area contributed by atoms with Crippen molar-refractivity contribution in [2.24, 2.45) is 0 Å². The third kappa shape index (κ3) is 1.95. The molecule has 0 radical (unpaired) electrons. The second-order valence-electron chi connectivity index (χ2n) is 4.40. The van der Waals surface area contributed by atoms with E-state index in [2.05, 4.69) is 9.97 Å². The molecule has 0 bridgehead atoms.